The number of ether oxygens (including phenoxy) is 6. The highest BCUT2D eigenvalue weighted by molar-refractivity contribution is 6.62. The lowest BCUT2D eigenvalue weighted by Gasteiger charge is -2.36. The zero-order valence-corrected chi connectivity index (χ0v) is 48.8. The lowest BCUT2D eigenvalue weighted by Crippen LogP contribution is -2.46. The second-order valence-electron chi connectivity index (χ2n) is 15.9. The van der Waals surface area contributed by atoms with Gasteiger partial charge in [-0.2, -0.15) is 0 Å². The van der Waals surface area contributed by atoms with Crippen LogP contribution in [0.3, 0.4) is 0 Å². The predicted octanol–water partition coefficient (Wildman–Crippen LogP) is 3.39. The van der Waals surface area contributed by atoms with Crippen molar-refractivity contribution >= 4 is 44.0 Å². The summed E-state index contributed by atoms with van der Waals surface area (Å²) in [6, 6.07) is 2.75. The van der Waals surface area contributed by atoms with E-state index in [0.29, 0.717) is 95.4 Å². The largest absolute Gasteiger partial charge is 0.500 e. The zero-order chi connectivity index (χ0) is 50.6. The van der Waals surface area contributed by atoms with E-state index in [1.165, 1.54) is 0 Å². The van der Waals surface area contributed by atoms with Crippen LogP contribution in [0.25, 0.3) is 0 Å². The monoisotopic (exact) mass is 1060 g/mol. The first kappa shape index (κ1) is 67.2. The number of aliphatic hydroxyl groups is 1. The number of rotatable bonds is 50. The van der Waals surface area contributed by atoms with Crippen molar-refractivity contribution in [3.8, 4) is 0 Å². The third-order valence-electron chi connectivity index (χ3n) is 11.7. The van der Waals surface area contributed by atoms with Crippen LogP contribution in [0.5, 0.6) is 0 Å². The van der Waals surface area contributed by atoms with Gasteiger partial charge in [0.1, 0.15) is 0 Å². The normalized spacial score (nSPS) is 13.6. The molecule has 0 fully saturated rings. The summed E-state index contributed by atoms with van der Waals surface area (Å²) < 4.78 is 123. The predicted molar refractivity (Wildman–Crippen MR) is 258 cm³/mol. The van der Waals surface area contributed by atoms with Gasteiger partial charge in [-0.15, -0.1) is 0 Å². The molecule has 67 heavy (non-hydrogen) atoms. The molecular formula is C40H92O22Si5. The molecule has 0 aliphatic carbocycles. The molecule has 0 aromatic carbocycles. The van der Waals surface area contributed by atoms with Gasteiger partial charge in [-0.3, -0.25) is 0 Å². The summed E-state index contributed by atoms with van der Waals surface area (Å²) in [5, 5.41) is 11.1. The number of aliphatic hydroxyl groups excluding tert-OH is 1. The van der Waals surface area contributed by atoms with Gasteiger partial charge >= 0.3 is 44.0 Å². The van der Waals surface area contributed by atoms with Crippen molar-refractivity contribution in [3.63, 3.8) is 0 Å². The molecule has 0 saturated carbocycles. The Hall–Kier alpha value is 0.204. The second kappa shape index (κ2) is 37.9. The van der Waals surface area contributed by atoms with Gasteiger partial charge in [0, 0.05) is 170 Å². The van der Waals surface area contributed by atoms with Gasteiger partial charge in [-0.1, -0.05) is 0 Å². The summed E-state index contributed by atoms with van der Waals surface area (Å²) in [6.07, 6.45) is 3.05. The zero-order valence-electron chi connectivity index (χ0n) is 43.8. The molecule has 0 amide bonds. The minimum Gasteiger partial charge on any atom is -0.396 e. The highest BCUT2D eigenvalue weighted by Crippen LogP contribution is 2.27. The van der Waals surface area contributed by atoms with Gasteiger partial charge in [-0.25, -0.2) is 0 Å². The average molecular weight is 1070 g/mol. The maximum absolute atomic E-state index is 11.1. The Morgan fingerprint density at radius 3 is 0.597 bits per heavy atom. The van der Waals surface area contributed by atoms with Gasteiger partial charge in [0.25, 0.3) is 0 Å². The Morgan fingerprint density at radius 2 is 0.418 bits per heavy atom. The molecule has 22 nitrogen and oxygen atoms in total. The minimum atomic E-state index is -2.82. The van der Waals surface area contributed by atoms with Gasteiger partial charge in [-0.05, 0) is 32.1 Å². The first-order chi connectivity index (χ1) is 32.2. The Bertz CT molecular complexity index is 1010. The minimum absolute atomic E-state index is 0.0714. The summed E-state index contributed by atoms with van der Waals surface area (Å²) >= 11 is 0. The summed E-state index contributed by atoms with van der Waals surface area (Å²) in [5.74, 6) is 0. The SMILES string of the molecule is CO[Si](CCCOCC(CO)(COCCC[Si](OC)(OC)OC)COCC(COCCC[Si](OC)(OC)OC)(COCCC[Si](OC)(OC)OC)COCCC[Si](OC)(OC)OC)(OC)OC. The van der Waals surface area contributed by atoms with E-state index in [1.807, 2.05) is 0 Å². The number of hydrogen-bond donors (Lipinski definition) is 1. The fraction of sp³-hybridized carbons (Fsp3) is 1.00. The van der Waals surface area contributed by atoms with Crippen molar-refractivity contribution in [3.05, 3.63) is 0 Å². The Labute approximate surface area is 408 Å². The molecule has 0 bridgehead atoms. The molecule has 0 spiro atoms. The van der Waals surface area contributed by atoms with Crippen molar-refractivity contribution in [2.75, 3.05) is 193 Å². The van der Waals surface area contributed by atoms with Crippen molar-refractivity contribution in [2.24, 2.45) is 10.8 Å². The highest BCUT2D eigenvalue weighted by atomic mass is 28.4. The van der Waals surface area contributed by atoms with Crippen molar-refractivity contribution in [1.29, 1.82) is 0 Å². The fourth-order valence-corrected chi connectivity index (χ4v) is 15.6. The number of hydrogen-bond acceptors (Lipinski definition) is 22. The molecule has 0 atom stereocenters. The maximum Gasteiger partial charge on any atom is 0.500 e. The molecular weight excluding hydrogens is 973 g/mol. The van der Waals surface area contributed by atoms with E-state index >= 15 is 0 Å². The topological polar surface area (TPSA) is 214 Å². The Balaban J connectivity index is 6.61. The van der Waals surface area contributed by atoms with Gasteiger partial charge < -0.3 is 99.9 Å². The summed E-state index contributed by atoms with van der Waals surface area (Å²) in [7, 11) is 9.65. The average Bonchev–Trinajstić information content (AvgIpc) is 3.37. The van der Waals surface area contributed by atoms with E-state index in [0.717, 1.165) is 0 Å². The van der Waals surface area contributed by atoms with Gasteiger partial charge in [0.15, 0.2) is 0 Å². The molecule has 0 rings (SSSR count). The maximum atomic E-state index is 11.1. The summed E-state index contributed by atoms with van der Waals surface area (Å²) in [4.78, 5) is 0. The quantitative estimate of drug-likeness (QED) is 0.0683. The lowest BCUT2D eigenvalue weighted by atomic mass is 9.90. The Kier molecular flexibility index (Phi) is 38.0. The van der Waals surface area contributed by atoms with Crippen LogP contribution >= 0.6 is 0 Å². The molecule has 0 saturated heterocycles. The van der Waals surface area contributed by atoms with E-state index in [1.54, 1.807) is 107 Å². The highest BCUT2D eigenvalue weighted by Gasteiger charge is 2.42. The van der Waals surface area contributed by atoms with Crippen LogP contribution in [-0.2, 0) is 94.8 Å². The lowest BCUT2D eigenvalue weighted by molar-refractivity contribution is -0.137. The van der Waals surface area contributed by atoms with Crippen LogP contribution in [0.15, 0.2) is 0 Å². The molecule has 0 heterocycles. The van der Waals surface area contributed by atoms with Crippen molar-refractivity contribution in [2.45, 2.75) is 62.3 Å². The van der Waals surface area contributed by atoms with Crippen LogP contribution in [0.1, 0.15) is 32.1 Å². The Morgan fingerprint density at radius 1 is 0.254 bits per heavy atom. The van der Waals surface area contributed by atoms with Crippen LogP contribution in [0, 0.1) is 10.8 Å². The van der Waals surface area contributed by atoms with Gasteiger partial charge in [0.2, 0.25) is 0 Å². The molecule has 0 aromatic heterocycles. The standard InChI is InChI=1S/C40H92O22Si5/c1-42-63(43-2,44-3)26-16-21-57-32-39(31-41,33-58-22-17-27-64(45-4,46-5)47-6)34-62-38-40(35-59-23-18-28-65(48-7,49-8)50-9,36-60-24-19-29-66(51-10,52-11)53-12)37-61-25-20-30-67(54-13,55-14)56-15/h41H,16-38H2,1-15H3. The summed E-state index contributed by atoms with van der Waals surface area (Å²) in [5.41, 5.74) is -1.78. The van der Waals surface area contributed by atoms with Crippen LogP contribution in [0.2, 0.25) is 30.2 Å². The van der Waals surface area contributed by atoms with E-state index in [4.69, 9.17) is 94.8 Å². The third kappa shape index (κ3) is 24.2. The van der Waals surface area contributed by atoms with E-state index in [-0.39, 0.29) is 52.9 Å². The van der Waals surface area contributed by atoms with Crippen molar-refractivity contribution in [1.82, 2.24) is 0 Å². The fourth-order valence-electron chi connectivity index (χ4n) is 7.17. The molecule has 404 valence electrons. The second-order valence-corrected chi connectivity index (χ2v) is 31.4. The van der Waals surface area contributed by atoms with Crippen molar-refractivity contribution < 1.29 is 99.9 Å². The van der Waals surface area contributed by atoms with Gasteiger partial charge in [0.05, 0.1) is 63.7 Å². The van der Waals surface area contributed by atoms with E-state index < -0.39 is 54.9 Å². The molecule has 1 N–H and O–H groups in total. The molecule has 27 heteroatoms. The third-order valence-corrected chi connectivity index (χ3v) is 25.9. The molecule has 0 aliphatic rings. The first-order valence-corrected chi connectivity index (χ1v) is 32.2. The van der Waals surface area contributed by atoms with Crippen LogP contribution < -0.4 is 0 Å². The molecule has 0 aliphatic heterocycles. The van der Waals surface area contributed by atoms with E-state index in [9.17, 15) is 5.11 Å². The summed E-state index contributed by atoms with van der Waals surface area (Å²) in [6.45, 7) is 2.65. The van der Waals surface area contributed by atoms with Crippen LogP contribution in [0.4, 0.5) is 0 Å². The van der Waals surface area contributed by atoms with E-state index in [2.05, 4.69) is 0 Å². The molecule has 0 aromatic rings. The molecule has 0 unspecified atom stereocenters. The van der Waals surface area contributed by atoms with Crippen LogP contribution in [-0.4, -0.2) is 242 Å². The smallest absolute Gasteiger partial charge is 0.396 e. The first-order valence-electron chi connectivity index (χ1n) is 22.6. The molecule has 0 radical (unpaired) electrons.